The van der Waals surface area contributed by atoms with Gasteiger partial charge >= 0.3 is 0 Å². The topological polar surface area (TPSA) is 34.1 Å². The van der Waals surface area contributed by atoms with Gasteiger partial charge in [-0.15, -0.1) is 0 Å². The molecular formula is C12H24O2. The van der Waals surface area contributed by atoms with Gasteiger partial charge in [-0.25, -0.2) is 0 Å². The summed E-state index contributed by atoms with van der Waals surface area (Å²) in [5.41, 5.74) is 0. The summed E-state index contributed by atoms with van der Waals surface area (Å²) in [5, 5.41) is 0. The Balaban J connectivity index is 0. The van der Waals surface area contributed by atoms with Gasteiger partial charge in [0.05, 0.1) is 0 Å². The van der Waals surface area contributed by atoms with Gasteiger partial charge in [-0.2, -0.15) is 0 Å². The predicted octanol–water partition coefficient (Wildman–Crippen LogP) is 3.39. The second kappa shape index (κ2) is 12.3. The van der Waals surface area contributed by atoms with Crippen molar-refractivity contribution in [1.82, 2.24) is 0 Å². The fraction of sp³-hybridized carbons (Fsp3) is 0.833. The monoisotopic (exact) mass is 200 g/mol. The zero-order valence-electron chi connectivity index (χ0n) is 10.0. The molecule has 2 nitrogen and oxygen atoms in total. The van der Waals surface area contributed by atoms with Crippen LogP contribution in [0.1, 0.15) is 59.8 Å². The molecule has 1 rings (SSSR count). The fourth-order valence-electron chi connectivity index (χ4n) is 1.51. The SMILES string of the molecule is CC.CC(=O)C1CCCCC1.CC=O. The first-order valence-electron chi connectivity index (χ1n) is 5.62. The molecule has 0 aromatic carbocycles. The summed E-state index contributed by atoms with van der Waals surface area (Å²) < 4.78 is 0. The molecule has 1 saturated carbocycles. The summed E-state index contributed by atoms with van der Waals surface area (Å²) in [4.78, 5) is 19.6. The summed E-state index contributed by atoms with van der Waals surface area (Å²) in [6.07, 6.45) is 6.92. The van der Waals surface area contributed by atoms with Crippen LogP contribution >= 0.6 is 0 Å². The maximum atomic E-state index is 10.8. The Kier molecular flexibility index (Phi) is 13.9. The van der Waals surface area contributed by atoms with E-state index in [0.29, 0.717) is 11.7 Å². The molecule has 84 valence electrons. The lowest BCUT2D eigenvalue weighted by atomic mass is 9.87. The highest BCUT2D eigenvalue weighted by atomic mass is 16.1. The number of carbonyl (C=O) groups is 2. The average Bonchev–Trinajstić information content (AvgIpc) is 2.23. The van der Waals surface area contributed by atoms with Crippen molar-refractivity contribution >= 4 is 12.1 Å². The molecule has 1 fully saturated rings. The molecule has 0 radical (unpaired) electrons. The van der Waals surface area contributed by atoms with E-state index in [0.717, 1.165) is 19.1 Å². The van der Waals surface area contributed by atoms with E-state index < -0.39 is 0 Å². The number of hydrogen-bond acceptors (Lipinski definition) is 2. The van der Waals surface area contributed by atoms with Gasteiger partial charge in [0.1, 0.15) is 12.1 Å². The Morgan fingerprint density at radius 2 is 1.50 bits per heavy atom. The second-order valence-electron chi connectivity index (χ2n) is 3.18. The summed E-state index contributed by atoms with van der Waals surface area (Å²) >= 11 is 0. The first kappa shape index (κ1) is 15.8. The number of Topliss-reactive ketones (excluding diaryl/α,β-unsaturated/α-hetero) is 1. The number of hydrogen-bond donors (Lipinski definition) is 0. The van der Waals surface area contributed by atoms with E-state index >= 15 is 0 Å². The van der Waals surface area contributed by atoms with Crippen molar-refractivity contribution in [3.8, 4) is 0 Å². The normalized spacial score (nSPS) is 15.4. The second-order valence-corrected chi connectivity index (χ2v) is 3.18. The summed E-state index contributed by atoms with van der Waals surface area (Å²) in [6.45, 7) is 7.16. The van der Waals surface area contributed by atoms with Crippen LogP contribution in [0.4, 0.5) is 0 Å². The fourth-order valence-corrected chi connectivity index (χ4v) is 1.51. The van der Waals surface area contributed by atoms with Crippen LogP contribution in [0.2, 0.25) is 0 Å². The highest BCUT2D eigenvalue weighted by Crippen LogP contribution is 2.23. The Morgan fingerprint density at radius 3 is 1.71 bits per heavy atom. The zero-order valence-corrected chi connectivity index (χ0v) is 10.0. The molecule has 0 heterocycles. The molecule has 0 saturated heterocycles. The maximum Gasteiger partial charge on any atom is 0.132 e. The number of ketones is 1. The van der Waals surface area contributed by atoms with Gasteiger partial charge in [0.15, 0.2) is 0 Å². The third-order valence-electron chi connectivity index (χ3n) is 2.18. The molecule has 0 spiro atoms. The molecule has 2 heteroatoms. The molecule has 14 heavy (non-hydrogen) atoms. The third-order valence-corrected chi connectivity index (χ3v) is 2.18. The van der Waals surface area contributed by atoms with Crippen LogP contribution in [-0.4, -0.2) is 12.1 Å². The van der Waals surface area contributed by atoms with Crippen LogP contribution < -0.4 is 0 Å². The van der Waals surface area contributed by atoms with Crippen LogP contribution in [0, 0.1) is 5.92 Å². The van der Waals surface area contributed by atoms with Crippen molar-refractivity contribution < 1.29 is 9.59 Å². The molecule has 0 atom stereocenters. The average molecular weight is 200 g/mol. The highest BCUT2D eigenvalue weighted by Gasteiger charge is 2.16. The Morgan fingerprint density at radius 1 is 1.14 bits per heavy atom. The van der Waals surface area contributed by atoms with E-state index in [4.69, 9.17) is 4.79 Å². The number of carbonyl (C=O) groups excluding carboxylic acids is 2. The van der Waals surface area contributed by atoms with Gasteiger partial charge in [0.25, 0.3) is 0 Å². The minimum Gasteiger partial charge on any atom is -0.304 e. The lowest BCUT2D eigenvalue weighted by Crippen LogP contribution is -2.13. The van der Waals surface area contributed by atoms with E-state index in [-0.39, 0.29) is 0 Å². The van der Waals surface area contributed by atoms with Crippen molar-refractivity contribution in [2.24, 2.45) is 5.92 Å². The van der Waals surface area contributed by atoms with Crippen molar-refractivity contribution in [2.45, 2.75) is 59.8 Å². The number of aldehydes is 1. The van der Waals surface area contributed by atoms with Crippen LogP contribution in [-0.2, 0) is 9.59 Å². The minimum absolute atomic E-state index is 0.398. The molecule has 0 amide bonds. The first-order chi connectivity index (χ1) is 6.72. The van der Waals surface area contributed by atoms with Gasteiger partial charge in [-0.05, 0) is 26.7 Å². The highest BCUT2D eigenvalue weighted by molar-refractivity contribution is 5.78. The largest absolute Gasteiger partial charge is 0.304 e. The van der Waals surface area contributed by atoms with Crippen LogP contribution in [0.5, 0.6) is 0 Å². The van der Waals surface area contributed by atoms with Gasteiger partial charge < -0.3 is 4.79 Å². The molecule has 0 N–H and O–H groups in total. The molecular weight excluding hydrogens is 176 g/mol. The van der Waals surface area contributed by atoms with E-state index in [1.54, 1.807) is 6.92 Å². The first-order valence-corrected chi connectivity index (χ1v) is 5.62. The predicted molar refractivity (Wildman–Crippen MR) is 60.3 cm³/mol. The lowest BCUT2D eigenvalue weighted by Gasteiger charge is -2.17. The van der Waals surface area contributed by atoms with Crippen molar-refractivity contribution in [1.29, 1.82) is 0 Å². The van der Waals surface area contributed by atoms with Crippen molar-refractivity contribution in [3.05, 3.63) is 0 Å². The molecule has 1 aliphatic rings. The Bertz CT molecular complexity index is 135. The van der Waals surface area contributed by atoms with E-state index in [9.17, 15) is 4.79 Å². The molecule has 0 aromatic heterocycles. The number of rotatable bonds is 1. The molecule has 0 aromatic rings. The van der Waals surface area contributed by atoms with E-state index in [1.165, 1.54) is 26.2 Å². The molecule has 0 bridgehead atoms. The summed E-state index contributed by atoms with van der Waals surface area (Å²) in [7, 11) is 0. The van der Waals surface area contributed by atoms with Gasteiger partial charge in [0, 0.05) is 5.92 Å². The van der Waals surface area contributed by atoms with E-state index in [1.807, 2.05) is 13.8 Å². The molecule has 0 aliphatic heterocycles. The quantitative estimate of drug-likeness (QED) is 0.608. The standard InChI is InChI=1S/C8H14O.C2H4O.C2H6/c1-7(9)8-5-3-2-4-6-8;1-2-3;1-2/h8H,2-6H2,1H3;2H,1H3;1-2H3. The van der Waals surface area contributed by atoms with Gasteiger partial charge in [-0.1, -0.05) is 33.1 Å². The summed E-state index contributed by atoms with van der Waals surface area (Å²) in [5.74, 6) is 0.813. The summed E-state index contributed by atoms with van der Waals surface area (Å²) in [6, 6.07) is 0. The Labute approximate surface area is 88.1 Å². The van der Waals surface area contributed by atoms with Crippen LogP contribution in [0.3, 0.4) is 0 Å². The third kappa shape index (κ3) is 9.43. The molecule has 0 unspecified atom stereocenters. The Hall–Kier alpha value is -0.660. The van der Waals surface area contributed by atoms with Gasteiger partial charge in [0.2, 0.25) is 0 Å². The maximum absolute atomic E-state index is 10.8. The zero-order chi connectivity index (χ0) is 11.4. The van der Waals surface area contributed by atoms with Crippen molar-refractivity contribution in [3.63, 3.8) is 0 Å². The smallest absolute Gasteiger partial charge is 0.132 e. The molecule has 1 aliphatic carbocycles. The van der Waals surface area contributed by atoms with Crippen LogP contribution in [0.25, 0.3) is 0 Å². The van der Waals surface area contributed by atoms with E-state index in [2.05, 4.69) is 0 Å². The van der Waals surface area contributed by atoms with Gasteiger partial charge in [-0.3, -0.25) is 4.79 Å². The van der Waals surface area contributed by atoms with Crippen molar-refractivity contribution in [2.75, 3.05) is 0 Å². The lowest BCUT2D eigenvalue weighted by molar-refractivity contribution is -0.121. The van der Waals surface area contributed by atoms with Crippen LogP contribution in [0.15, 0.2) is 0 Å². The minimum atomic E-state index is 0.398.